The van der Waals surface area contributed by atoms with E-state index in [9.17, 15) is 4.79 Å². The van der Waals surface area contributed by atoms with Crippen LogP contribution in [0.25, 0.3) is 10.6 Å². The molecule has 0 unspecified atom stereocenters. The Labute approximate surface area is 167 Å². The van der Waals surface area contributed by atoms with Crippen LogP contribution in [0.4, 0.5) is 5.13 Å². The van der Waals surface area contributed by atoms with Crippen molar-refractivity contribution in [3.8, 4) is 10.6 Å². The lowest BCUT2D eigenvalue weighted by Crippen LogP contribution is -2.11. The Bertz CT molecular complexity index is 1060. The number of nitrogens with zero attached hydrogens (tertiary/aromatic N) is 3. The lowest BCUT2D eigenvalue weighted by Gasteiger charge is -1.99. The highest BCUT2D eigenvalue weighted by Gasteiger charge is 2.16. The van der Waals surface area contributed by atoms with Crippen molar-refractivity contribution in [3.63, 3.8) is 0 Å². The van der Waals surface area contributed by atoms with Crippen LogP contribution in [0.3, 0.4) is 0 Å². The number of aryl methyl sites for hydroxylation is 1. The first-order chi connectivity index (χ1) is 13.2. The monoisotopic (exact) mass is 414 g/mol. The Kier molecular flexibility index (Phi) is 5.33. The highest BCUT2D eigenvalue weighted by Crippen LogP contribution is 2.29. The number of benzene rings is 1. The first-order valence-electron chi connectivity index (χ1n) is 8.01. The molecule has 0 atom stereocenters. The SMILES string of the molecule is Cc1cccc(CSc2nnc(NC(=O)c3cc(-c4cccs4)on3)s2)c1. The summed E-state index contributed by atoms with van der Waals surface area (Å²) in [5, 5.41) is 17.1. The Hall–Kier alpha value is -2.49. The molecule has 0 aliphatic heterocycles. The molecule has 0 bridgehead atoms. The largest absolute Gasteiger partial charge is 0.355 e. The normalized spacial score (nSPS) is 10.9. The van der Waals surface area contributed by atoms with Crippen LogP contribution in [-0.4, -0.2) is 21.3 Å². The van der Waals surface area contributed by atoms with Gasteiger partial charge in [-0.05, 0) is 23.9 Å². The molecule has 0 radical (unpaired) electrons. The number of rotatable bonds is 6. The van der Waals surface area contributed by atoms with E-state index in [4.69, 9.17) is 4.52 Å². The summed E-state index contributed by atoms with van der Waals surface area (Å²) in [7, 11) is 0. The van der Waals surface area contributed by atoms with Gasteiger partial charge < -0.3 is 4.52 Å². The van der Waals surface area contributed by atoms with E-state index >= 15 is 0 Å². The summed E-state index contributed by atoms with van der Waals surface area (Å²) < 4.78 is 6.03. The number of thioether (sulfide) groups is 1. The number of aromatic nitrogens is 3. The fourth-order valence-corrected chi connectivity index (χ4v) is 4.71. The fourth-order valence-electron chi connectivity index (χ4n) is 2.34. The molecule has 4 aromatic rings. The van der Waals surface area contributed by atoms with Gasteiger partial charge in [0.05, 0.1) is 4.88 Å². The smallest absolute Gasteiger partial charge is 0.279 e. The van der Waals surface area contributed by atoms with Gasteiger partial charge in [-0.25, -0.2) is 0 Å². The standard InChI is InChI=1S/C18H14N4O2S3/c1-11-4-2-5-12(8-11)10-26-18-21-20-17(27-18)19-16(23)13-9-14(24-22-13)15-6-3-7-25-15/h2-9H,10H2,1H3,(H,19,20,23). The molecule has 3 aromatic heterocycles. The van der Waals surface area contributed by atoms with Crippen molar-refractivity contribution in [1.82, 2.24) is 15.4 Å². The zero-order valence-electron chi connectivity index (χ0n) is 14.2. The fraction of sp³-hybridized carbons (Fsp3) is 0.111. The molecule has 0 aliphatic rings. The van der Waals surface area contributed by atoms with Gasteiger partial charge in [-0.3, -0.25) is 10.1 Å². The third-order valence-electron chi connectivity index (χ3n) is 3.58. The van der Waals surface area contributed by atoms with E-state index in [-0.39, 0.29) is 11.6 Å². The zero-order valence-corrected chi connectivity index (χ0v) is 16.7. The minimum Gasteiger partial charge on any atom is -0.355 e. The minimum atomic E-state index is -0.368. The van der Waals surface area contributed by atoms with Gasteiger partial charge in [0.2, 0.25) is 5.13 Å². The third-order valence-corrected chi connectivity index (χ3v) is 6.51. The van der Waals surface area contributed by atoms with Crippen molar-refractivity contribution in [2.45, 2.75) is 17.0 Å². The second-order valence-corrected chi connectivity index (χ2v) is 8.81. The van der Waals surface area contributed by atoms with Crippen LogP contribution < -0.4 is 5.32 Å². The molecule has 0 spiro atoms. The topological polar surface area (TPSA) is 80.9 Å². The lowest BCUT2D eigenvalue weighted by molar-refractivity contribution is 0.101. The van der Waals surface area contributed by atoms with Crippen LogP contribution in [0.5, 0.6) is 0 Å². The molecule has 3 heterocycles. The second-order valence-electron chi connectivity index (χ2n) is 5.66. The van der Waals surface area contributed by atoms with Gasteiger partial charge in [0.15, 0.2) is 15.8 Å². The van der Waals surface area contributed by atoms with Crippen molar-refractivity contribution < 1.29 is 9.32 Å². The van der Waals surface area contributed by atoms with Crippen LogP contribution in [0.15, 0.2) is 56.7 Å². The molecule has 6 nitrogen and oxygen atoms in total. The molecule has 136 valence electrons. The van der Waals surface area contributed by atoms with Crippen LogP contribution in [-0.2, 0) is 5.75 Å². The molecular formula is C18H14N4O2S3. The van der Waals surface area contributed by atoms with Crippen LogP contribution in [0, 0.1) is 6.92 Å². The van der Waals surface area contributed by atoms with Gasteiger partial charge in [-0.15, -0.1) is 21.5 Å². The van der Waals surface area contributed by atoms with E-state index in [2.05, 4.69) is 45.8 Å². The second kappa shape index (κ2) is 8.03. The van der Waals surface area contributed by atoms with E-state index in [1.807, 2.05) is 23.6 Å². The molecule has 0 fully saturated rings. The average Bonchev–Trinajstić information content (AvgIpc) is 3.40. The Morgan fingerprint density at radius 2 is 2.15 bits per heavy atom. The van der Waals surface area contributed by atoms with Crippen LogP contribution in [0.1, 0.15) is 21.6 Å². The number of hydrogen-bond acceptors (Lipinski definition) is 8. The van der Waals surface area contributed by atoms with E-state index in [0.717, 1.165) is 15.0 Å². The van der Waals surface area contributed by atoms with Gasteiger partial charge in [0.25, 0.3) is 5.91 Å². The number of hydrogen-bond donors (Lipinski definition) is 1. The summed E-state index contributed by atoms with van der Waals surface area (Å²) in [5.74, 6) is 1.01. The number of carbonyl (C=O) groups is 1. The Morgan fingerprint density at radius 3 is 2.96 bits per heavy atom. The zero-order chi connectivity index (χ0) is 18.6. The molecule has 27 heavy (non-hydrogen) atoms. The van der Waals surface area contributed by atoms with Gasteiger partial charge in [-0.2, -0.15) is 0 Å². The van der Waals surface area contributed by atoms with Gasteiger partial charge in [0.1, 0.15) is 0 Å². The average molecular weight is 415 g/mol. The van der Waals surface area contributed by atoms with E-state index in [1.165, 1.54) is 33.8 Å². The van der Waals surface area contributed by atoms with E-state index < -0.39 is 0 Å². The maximum atomic E-state index is 12.3. The predicted octanol–water partition coefficient (Wildman–Crippen LogP) is 5.11. The minimum absolute atomic E-state index is 0.211. The number of amides is 1. The summed E-state index contributed by atoms with van der Waals surface area (Å²) in [6, 6.07) is 13.8. The highest BCUT2D eigenvalue weighted by atomic mass is 32.2. The van der Waals surface area contributed by atoms with Crippen LogP contribution in [0.2, 0.25) is 0 Å². The summed E-state index contributed by atoms with van der Waals surface area (Å²) in [4.78, 5) is 13.2. The van der Waals surface area contributed by atoms with Crippen molar-refractivity contribution in [3.05, 3.63) is 64.7 Å². The number of carbonyl (C=O) groups excluding carboxylic acids is 1. The number of nitrogens with one attached hydrogen (secondary N) is 1. The summed E-state index contributed by atoms with van der Waals surface area (Å²) in [6.45, 7) is 2.07. The molecular weight excluding hydrogens is 400 g/mol. The maximum absolute atomic E-state index is 12.3. The predicted molar refractivity (Wildman–Crippen MR) is 108 cm³/mol. The van der Waals surface area contributed by atoms with E-state index in [0.29, 0.717) is 10.9 Å². The Morgan fingerprint density at radius 1 is 1.22 bits per heavy atom. The van der Waals surface area contributed by atoms with Crippen molar-refractivity contribution >= 4 is 45.5 Å². The highest BCUT2D eigenvalue weighted by molar-refractivity contribution is 8.00. The molecule has 1 N–H and O–H groups in total. The van der Waals surface area contributed by atoms with Crippen molar-refractivity contribution in [2.24, 2.45) is 0 Å². The molecule has 0 saturated heterocycles. The quantitative estimate of drug-likeness (QED) is 0.349. The third kappa shape index (κ3) is 4.44. The molecule has 1 aromatic carbocycles. The summed E-state index contributed by atoms with van der Waals surface area (Å²) in [6.07, 6.45) is 0. The van der Waals surface area contributed by atoms with Gasteiger partial charge in [-0.1, -0.05) is 64.2 Å². The first kappa shape index (κ1) is 17.9. The molecule has 0 aliphatic carbocycles. The number of anilines is 1. The van der Waals surface area contributed by atoms with Gasteiger partial charge >= 0.3 is 0 Å². The van der Waals surface area contributed by atoms with Crippen LogP contribution >= 0.6 is 34.4 Å². The molecule has 0 saturated carbocycles. The van der Waals surface area contributed by atoms with Crippen molar-refractivity contribution in [2.75, 3.05) is 5.32 Å². The summed E-state index contributed by atoms with van der Waals surface area (Å²) >= 11 is 4.45. The van der Waals surface area contributed by atoms with Gasteiger partial charge in [0, 0.05) is 11.8 Å². The van der Waals surface area contributed by atoms with E-state index in [1.54, 1.807) is 17.8 Å². The Balaban J connectivity index is 1.37. The molecule has 4 rings (SSSR count). The first-order valence-corrected chi connectivity index (χ1v) is 10.7. The maximum Gasteiger partial charge on any atom is 0.279 e. The number of thiophene rings is 1. The molecule has 1 amide bonds. The van der Waals surface area contributed by atoms with Crippen molar-refractivity contribution in [1.29, 1.82) is 0 Å². The lowest BCUT2D eigenvalue weighted by atomic mass is 10.2. The molecule has 9 heteroatoms. The summed E-state index contributed by atoms with van der Waals surface area (Å²) in [5.41, 5.74) is 2.67.